The molecule has 0 saturated carbocycles. The highest BCUT2D eigenvalue weighted by atomic mass is 79.9. The van der Waals surface area contributed by atoms with Gasteiger partial charge < -0.3 is 4.90 Å². The molecule has 3 nitrogen and oxygen atoms in total. The second kappa shape index (κ2) is 5.54. The van der Waals surface area contributed by atoms with E-state index in [1.807, 2.05) is 24.3 Å². The molecule has 104 valence electrons. The van der Waals surface area contributed by atoms with Crippen LogP contribution in [0.25, 0.3) is 0 Å². The molecule has 0 aromatic heterocycles. The van der Waals surface area contributed by atoms with Gasteiger partial charge >= 0.3 is 0 Å². The van der Waals surface area contributed by atoms with Gasteiger partial charge in [-0.3, -0.25) is 10.1 Å². The molecule has 1 amide bonds. The molecule has 6 heteroatoms. The summed E-state index contributed by atoms with van der Waals surface area (Å²) >= 11 is 3.36. The molecule has 1 aliphatic heterocycles. The van der Waals surface area contributed by atoms with Crippen molar-refractivity contribution in [2.24, 2.45) is 0 Å². The molecule has 1 unspecified atom stereocenters. The molecule has 1 fully saturated rings. The molecular formula is C13H15BrF2N2O. The number of halogens is 3. The predicted molar refractivity (Wildman–Crippen MR) is 72.0 cm³/mol. The van der Waals surface area contributed by atoms with Crippen LogP contribution in [-0.2, 0) is 11.3 Å². The Morgan fingerprint density at radius 2 is 2.32 bits per heavy atom. The van der Waals surface area contributed by atoms with Crippen LogP contribution >= 0.6 is 15.9 Å². The summed E-state index contributed by atoms with van der Waals surface area (Å²) in [4.78, 5) is 13.5. The zero-order valence-corrected chi connectivity index (χ0v) is 12.1. The van der Waals surface area contributed by atoms with Gasteiger partial charge in [-0.15, -0.1) is 0 Å². The van der Waals surface area contributed by atoms with E-state index in [9.17, 15) is 13.6 Å². The summed E-state index contributed by atoms with van der Waals surface area (Å²) in [5.41, 5.74) is 0.954. The van der Waals surface area contributed by atoms with Gasteiger partial charge in [0.1, 0.15) is 0 Å². The van der Waals surface area contributed by atoms with Crippen LogP contribution in [0, 0.1) is 0 Å². The Kier molecular flexibility index (Phi) is 4.20. The molecule has 1 aromatic rings. The molecule has 0 spiro atoms. The van der Waals surface area contributed by atoms with E-state index >= 15 is 0 Å². The van der Waals surface area contributed by atoms with Gasteiger partial charge in [-0.1, -0.05) is 28.1 Å². The summed E-state index contributed by atoms with van der Waals surface area (Å²) in [6, 6.07) is 6.78. The molecule has 1 atom stereocenters. The van der Waals surface area contributed by atoms with E-state index in [4.69, 9.17) is 0 Å². The number of alkyl halides is 2. The van der Waals surface area contributed by atoms with Gasteiger partial charge in [-0.2, -0.15) is 0 Å². The molecule has 1 N–H and O–H groups in total. The maximum absolute atomic E-state index is 13.1. The molecule has 2 rings (SSSR count). The van der Waals surface area contributed by atoms with E-state index in [-0.39, 0.29) is 5.91 Å². The topological polar surface area (TPSA) is 32.3 Å². The third-order valence-corrected chi connectivity index (χ3v) is 3.59. The minimum atomic E-state index is -2.78. The Labute approximate surface area is 119 Å². The fourth-order valence-corrected chi connectivity index (χ4v) is 2.59. The quantitative estimate of drug-likeness (QED) is 0.921. The summed E-state index contributed by atoms with van der Waals surface area (Å²) in [5, 5.41) is 2.57. The van der Waals surface area contributed by atoms with Crippen LogP contribution in [0.15, 0.2) is 28.7 Å². The third-order valence-electron chi connectivity index (χ3n) is 3.09. The number of likely N-dealkylation sites (N-methyl/N-ethyl adjacent to an activating group) is 1. The van der Waals surface area contributed by atoms with Crippen LogP contribution < -0.4 is 5.32 Å². The molecular weight excluding hydrogens is 318 g/mol. The summed E-state index contributed by atoms with van der Waals surface area (Å²) < 4.78 is 27.0. The van der Waals surface area contributed by atoms with Gasteiger partial charge in [0.05, 0.1) is 12.6 Å². The van der Waals surface area contributed by atoms with Crippen molar-refractivity contribution in [2.75, 3.05) is 13.6 Å². The first-order valence-corrected chi connectivity index (χ1v) is 6.77. The predicted octanol–water partition coefficient (Wildman–Crippen LogP) is 2.40. The molecule has 19 heavy (non-hydrogen) atoms. The first kappa shape index (κ1) is 14.4. The molecule has 0 bridgehead atoms. The average molecular weight is 333 g/mol. The SMILES string of the molecule is CN(Cc1cccc(Br)c1)C(=O)C1CC(F)(F)CN1. The van der Waals surface area contributed by atoms with E-state index in [0.717, 1.165) is 10.0 Å². The summed E-state index contributed by atoms with van der Waals surface area (Å²) in [6.07, 6.45) is -0.422. The van der Waals surface area contributed by atoms with E-state index in [2.05, 4.69) is 21.2 Å². The lowest BCUT2D eigenvalue weighted by Gasteiger charge is -2.21. The number of carbonyl (C=O) groups excluding carboxylic acids is 1. The second-order valence-electron chi connectivity index (χ2n) is 4.82. The number of hydrogen-bond donors (Lipinski definition) is 1. The van der Waals surface area contributed by atoms with Crippen LogP contribution in [-0.4, -0.2) is 36.4 Å². The number of rotatable bonds is 3. The number of nitrogens with one attached hydrogen (secondary N) is 1. The van der Waals surface area contributed by atoms with Crippen molar-refractivity contribution in [3.8, 4) is 0 Å². The van der Waals surface area contributed by atoms with E-state index in [0.29, 0.717) is 6.54 Å². The lowest BCUT2D eigenvalue weighted by Crippen LogP contribution is -2.41. The molecule has 1 aromatic carbocycles. The normalized spacial score (nSPS) is 21.4. The first-order chi connectivity index (χ1) is 8.87. The lowest BCUT2D eigenvalue weighted by molar-refractivity contribution is -0.132. The van der Waals surface area contributed by atoms with Crippen molar-refractivity contribution < 1.29 is 13.6 Å². The van der Waals surface area contributed by atoms with Crippen LogP contribution in [0.1, 0.15) is 12.0 Å². The Morgan fingerprint density at radius 1 is 1.58 bits per heavy atom. The number of benzene rings is 1. The molecule has 1 aliphatic rings. The summed E-state index contributed by atoms with van der Waals surface area (Å²) in [7, 11) is 1.63. The monoisotopic (exact) mass is 332 g/mol. The maximum Gasteiger partial charge on any atom is 0.262 e. The molecule has 1 saturated heterocycles. The van der Waals surface area contributed by atoms with Crippen molar-refractivity contribution in [3.63, 3.8) is 0 Å². The second-order valence-corrected chi connectivity index (χ2v) is 5.73. The van der Waals surface area contributed by atoms with E-state index in [1.54, 1.807) is 7.05 Å². The van der Waals surface area contributed by atoms with Crippen LogP contribution in [0.3, 0.4) is 0 Å². The highest BCUT2D eigenvalue weighted by Gasteiger charge is 2.43. The van der Waals surface area contributed by atoms with Crippen molar-refractivity contribution in [2.45, 2.75) is 24.9 Å². The molecule has 1 heterocycles. The van der Waals surface area contributed by atoms with Crippen molar-refractivity contribution in [1.82, 2.24) is 10.2 Å². The lowest BCUT2D eigenvalue weighted by atomic mass is 10.1. The van der Waals surface area contributed by atoms with Gasteiger partial charge in [-0.25, -0.2) is 8.78 Å². The van der Waals surface area contributed by atoms with Crippen LogP contribution in [0.4, 0.5) is 8.78 Å². The van der Waals surface area contributed by atoms with Crippen LogP contribution in [0.2, 0.25) is 0 Å². The van der Waals surface area contributed by atoms with Crippen molar-refractivity contribution >= 4 is 21.8 Å². The van der Waals surface area contributed by atoms with E-state index in [1.165, 1.54) is 4.90 Å². The van der Waals surface area contributed by atoms with Gasteiger partial charge in [0, 0.05) is 24.5 Å². The standard InChI is InChI=1S/C13H15BrF2N2O/c1-18(7-9-3-2-4-10(14)5-9)12(19)11-6-13(15,16)8-17-11/h2-5,11,17H,6-8H2,1H3. The maximum atomic E-state index is 13.1. The third kappa shape index (κ3) is 3.73. The van der Waals surface area contributed by atoms with Gasteiger partial charge in [0.25, 0.3) is 5.92 Å². The Balaban J connectivity index is 1.97. The summed E-state index contributed by atoms with van der Waals surface area (Å²) in [5.74, 6) is -3.08. The average Bonchev–Trinajstić information content (AvgIpc) is 2.68. The first-order valence-electron chi connectivity index (χ1n) is 5.98. The van der Waals surface area contributed by atoms with Gasteiger partial charge in [0.2, 0.25) is 5.91 Å². The fourth-order valence-electron chi connectivity index (χ4n) is 2.14. The zero-order valence-electron chi connectivity index (χ0n) is 10.5. The number of amides is 1. The van der Waals surface area contributed by atoms with Gasteiger partial charge in [-0.05, 0) is 17.7 Å². The smallest absolute Gasteiger partial charge is 0.262 e. The minimum Gasteiger partial charge on any atom is -0.340 e. The van der Waals surface area contributed by atoms with Crippen LogP contribution in [0.5, 0.6) is 0 Å². The largest absolute Gasteiger partial charge is 0.340 e. The Morgan fingerprint density at radius 3 is 2.89 bits per heavy atom. The molecule has 0 radical (unpaired) electrons. The summed E-state index contributed by atoms with van der Waals surface area (Å²) in [6.45, 7) is -0.0177. The highest BCUT2D eigenvalue weighted by molar-refractivity contribution is 9.10. The van der Waals surface area contributed by atoms with Gasteiger partial charge in [0.15, 0.2) is 0 Å². The zero-order chi connectivity index (χ0) is 14.0. The Hall–Kier alpha value is -1.01. The minimum absolute atomic E-state index is 0.294. The van der Waals surface area contributed by atoms with Crippen molar-refractivity contribution in [3.05, 3.63) is 34.3 Å². The highest BCUT2D eigenvalue weighted by Crippen LogP contribution is 2.26. The number of hydrogen-bond acceptors (Lipinski definition) is 2. The fraction of sp³-hybridized carbons (Fsp3) is 0.462. The number of carbonyl (C=O) groups is 1. The van der Waals surface area contributed by atoms with E-state index < -0.39 is 24.9 Å². The Bertz CT molecular complexity index is 481. The molecule has 0 aliphatic carbocycles. The number of nitrogens with zero attached hydrogens (tertiary/aromatic N) is 1. The van der Waals surface area contributed by atoms with Crippen molar-refractivity contribution in [1.29, 1.82) is 0 Å².